The molecular formula is C20H26ClN3O3S. The van der Waals surface area contributed by atoms with E-state index < -0.39 is 10.0 Å². The minimum atomic E-state index is -3.72. The highest BCUT2D eigenvalue weighted by molar-refractivity contribution is 7.89. The summed E-state index contributed by atoms with van der Waals surface area (Å²) in [6, 6.07) is 14.3. The van der Waals surface area contributed by atoms with Crippen LogP contribution in [0.1, 0.15) is 28.4 Å². The Morgan fingerprint density at radius 1 is 1.21 bits per heavy atom. The molecule has 0 radical (unpaired) electrons. The van der Waals surface area contributed by atoms with Crippen molar-refractivity contribution in [1.29, 1.82) is 0 Å². The Morgan fingerprint density at radius 3 is 2.61 bits per heavy atom. The van der Waals surface area contributed by atoms with Crippen molar-refractivity contribution in [2.45, 2.75) is 31.3 Å². The highest BCUT2D eigenvalue weighted by atomic mass is 35.5. The average Bonchev–Trinajstić information content (AvgIpc) is 2.67. The lowest BCUT2D eigenvalue weighted by Gasteiger charge is -2.34. The molecular weight excluding hydrogens is 398 g/mol. The van der Waals surface area contributed by atoms with Gasteiger partial charge in [-0.2, -0.15) is 0 Å². The molecule has 1 aliphatic rings. The summed E-state index contributed by atoms with van der Waals surface area (Å²) in [5.41, 5.74) is 1.88. The van der Waals surface area contributed by atoms with Crippen LogP contribution >= 0.6 is 12.4 Å². The van der Waals surface area contributed by atoms with Gasteiger partial charge in [0.1, 0.15) is 0 Å². The number of nitrogens with one attached hydrogen (secondary N) is 2. The lowest BCUT2D eigenvalue weighted by molar-refractivity contribution is 0.0655. The molecule has 0 aromatic heterocycles. The van der Waals surface area contributed by atoms with Crippen LogP contribution in [-0.2, 0) is 16.6 Å². The van der Waals surface area contributed by atoms with Gasteiger partial charge in [-0.3, -0.25) is 4.79 Å². The highest BCUT2D eigenvalue weighted by Gasteiger charge is 2.26. The zero-order valence-corrected chi connectivity index (χ0v) is 17.6. The normalized spacial score (nSPS) is 17.1. The Bertz CT molecular complexity index is 920. The van der Waals surface area contributed by atoms with Gasteiger partial charge in [-0.05, 0) is 37.1 Å². The van der Waals surface area contributed by atoms with Gasteiger partial charge in [-0.1, -0.05) is 36.4 Å². The molecule has 1 aliphatic heterocycles. The molecule has 1 atom stereocenters. The molecule has 2 aromatic carbocycles. The van der Waals surface area contributed by atoms with E-state index >= 15 is 0 Å². The fourth-order valence-corrected chi connectivity index (χ4v) is 4.47. The number of carbonyl (C=O) groups excluding carboxylic acids is 1. The minimum absolute atomic E-state index is 0. The van der Waals surface area contributed by atoms with E-state index in [2.05, 4.69) is 10.0 Å². The van der Waals surface area contributed by atoms with Crippen LogP contribution in [0.2, 0.25) is 0 Å². The maximum absolute atomic E-state index is 12.9. The maximum Gasteiger partial charge on any atom is 0.254 e. The Labute approximate surface area is 172 Å². The van der Waals surface area contributed by atoms with Crippen LogP contribution in [0.4, 0.5) is 0 Å². The van der Waals surface area contributed by atoms with Crippen molar-refractivity contribution < 1.29 is 13.2 Å². The second-order valence-electron chi connectivity index (χ2n) is 6.84. The first kappa shape index (κ1) is 22.4. The lowest BCUT2D eigenvalue weighted by atomic mass is 10.1. The molecule has 2 aromatic rings. The molecule has 1 amide bonds. The summed E-state index contributed by atoms with van der Waals surface area (Å²) < 4.78 is 28.2. The number of amides is 1. The first-order valence-electron chi connectivity index (χ1n) is 9.04. The summed E-state index contributed by atoms with van der Waals surface area (Å²) >= 11 is 0. The van der Waals surface area contributed by atoms with E-state index in [1.165, 1.54) is 6.07 Å². The smallest absolute Gasteiger partial charge is 0.254 e. The van der Waals surface area contributed by atoms with Crippen LogP contribution in [0.25, 0.3) is 0 Å². The standard InChI is InChI=1S/C20H25N3O3S.ClH/c1-15-8-9-18(20(24)23-11-10-21-13-16(23)2)12-19(15)27(25,26)22-14-17-6-4-3-5-7-17;/h3-9,12,16,21-22H,10-11,13-14H2,1-2H3;1H/t16-;/m0./s1. The van der Waals surface area contributed by atoms with Gasteiger partial charge in [0.15, 0.2) is 0 Å². The summed E-state index contributed by atoms with van der Waals surface area (Å²) in [4.78, 5) is 14.8. The van der Waals surface area contributed by atoms with E-state index in [0.29, 0.717) is 17.7 Å². The van der Waals surface area contributed by atoms with Crippen molar-refractivity contribution in [2.24, 2.45) is 0 Å². The van der Waals surface area contributed by atoms with Gasteiger partial charge in [0.05, 0.1) is 4.90 Å². The van der Waals surface area contributed by atoms with Crippen molar-refractivity contribution in [3.8, 4) is 0 Å². The van der Waals surface area contributed by atoms with E-state index in [1.54, 1.807) is 24.0 Å². The number of aryl methyl sites for hydroxylation is 1. The summed E-state index contributed by atoms with van der Waals surface area (Å²) in [6.07, 6.45) is 0. The molecule has 0 bridgehead atoms. The minimum Gasteiger partial charge on any atom is -0.333 e. The number of nitrogens with zero attached hydrogens (tertiary/aromatic N) is 1. The zero-order chi connectivity index (χ0) is 19.4. The SMILES string of the molecule is Cc1ccc(C(=O)N2CCNC[C@@H]2C)cc1S(=O)(=O)NCc1ccccc1.Cl. The number of hydrogen-bond acceptors (Lipinski definition) is 4. The molecule has 8 heteroatoms. The fourth-order valence-electron chi connectivity index (χ4n) is 3.18. The maximum atomic E-state index is 12.9. The Kier molecular flexibility index (Phi) is 7.60. The third-order valence-electron chi connectivity index (χ3n) is 4.80. The number of carbonyl (C=O) groups is 1. The van der Waals surface area contributed by atoms with Crippen LogP contribution in [0, 0.1) is 6.92 Å². The van der Waals surface area contributed by atoms with Crippen LogP contribution < -0.4 is 10.0 Å². The van der Waals surface area contributed by atoms with Gasteiger partial charge in [-0.15, -0.1) is 12.4 Å². The number of benzene rings is 2. The van der Waals surface area contributed by atoms with E-state index in [4.69, 9.17) is 0 Å². The molecule has 1 heterocycles. The molecule has 1 fully saturated rings. The van der Waals surface area contributed by atoms with Crippen molar-refractivity contribution in [3.63, 3.8) is 0 Å². The van der Waals surface area contributed by atoms with Crippen LogP contribution in [0.15, 0.2) is 53.4 Å². The monoisotopic (exact) mass is 423 g/mol. The molecule has 0 saturated carbocycles. The molecule has 152 valence electrons. The van der Waals surface area contributed by atoms with E-state index in [1.807, 2.05) is 37.3 Å². The van der Waals surface area contributed by atoms with Crippen LogP contribution in [0.3, 0.4) is 0 Å². The molecule has 0 unspecified atom stereocenters. The van der Waals surface area contributed by atoms with Gasteiger partial charge < -0.3 is 10.2 Å². The zero-order valence-electron chi connectivity index (χ0n) is 16.0. The third-order valence-corrected chi connectivity index (χ3v) is 6.34. The van der Waals surface area contributed by atoms with Gasteiger partial charge >= 0.3 is 0 Å². The van der Waals surface area contributed by atoms with E-state index in [9.17, 15) is 13.2 Å². The summed E-state index contributed by atoms with van der Waals surface area (Å²) in [5, 5.41) is 3.25. The topological polar surface area (TPSA) is 78.5 Å². The Morgan fingerprint density at radius 2 is 1.93 bits per heavy atom. The molecule has 1 saturated heterocycles. The molecule has 2 N–H and O–H groups in total. The first-order valence-corrected chi connectivity index (χ1v) is 10.5. The highest BCUT2D eigenvalue weighted by Crippen LogP contribution is 2.20. The van der Waals surface area contributed by atoms with Crippen LogP contribution in [0.5, 0.6) is 0 Å². The summed E-state index contributed by atoms with van der Waals surface area (Å²) in [7, 11) is -3.72. The molecule has 28 heavy (non-hydrogen) atoms. The predicted molar refractivity (Wildman–Crippen MR) is 112 cm³/mol. The molecule has 3 rings (SSSR count). The van der Waals surface area contributed by atoms with E-state index in [0.717, 1.165) is 18.7 Å². The molecule has 0 spiro atoms. The lowest BCUT2D eigenvalue weighted by Crippen LogP contribution is -2.52. The second-order valence-corrected chi connectivity index (χ2v) is 8.58. The predicted octanol–water partition coefficient (Wildman–Crippen LogP) is 2.33. The molecule has 0 aliphatic carbocycles. The van der Waals surface area contributed by atoms with Gasteiger partial charge in [0, 0.05) is 37.8 Å². The third kappa shape index (κ3) is 5.11. The number of rotatable bonds is 5. The second kappa shape index (κ2) is 9.52. The number of sulfonamides is 1. The first-order chi connectivity index (χ1) is 12.9. The van der Waals surface area contributed by atoms with Crippen molar-refractivity contribution in [3.05, 3.63) is 65.2 Å². The summed E-state index contributed by atoms with van der Waals surface area (Å²) in [6.45, 7) is 6.01. The van der Waals surface area contributed by atoms with E-state index in [-0.39, 0.29) is 35.8 Å². The van der Waals surface area contributed by atoms with Gasteiger partial charge in [-0.25, -0.2) is 13.1 Å². The van der Waals surface area contributed by atoms with Crippen molar-refractivity contribution in [2.75, 3.05) is 19.6 Å². The summed E-state index contributed by atoms with van der Waals surface area (Å²) in [5.74, 6) is -0.136. The number of halogens is 1. The molecule has 6 nitrogen and oxygen atoms in total. The van der Waals surface area contributed by atoms with Crippen LogP contribution in [-0.4, -0.2) is 44.9 Å². The van der Waals surface area contributed by atoms with Gasteiger partial charge in [0.25, 0.3) is 5.91 Å². The number of piperazine rings is 1. The Balaban J connectivity index is 0.00000280. The average molecular weight is 424 g/mol. The Hall–Kier alpha value is -1.93. The largest absolute Gasteiger partial charge is 0.333 e. The number of hydrogen-bond donors (Lipinski definition) is 2. The quantitative estimate of drug-likeness (QED) is 0.773. The van der Waals surface area contributed by atoms with Crippen molar-refractivity contribution >= 4 is 28.3 Å². The fraction of sp³-hybridized carbons (Fsp3) is 0.350. The van der Waals surface area contributed by atoms with Gasteiger partial charge in [0.2, 0.25) is 10.0 Å². The van der Waals surface area contributed by atoms with Crippen molar-refractivity contribution in [1.82, 2.24) is 14.9 Å².